The molecule has 260 valence electrons. The number of pyridine rings is 1. The van der Waals surface area contributed by atoms with Gasteiger partial charge in [0, 0.05) is 53.4 Å². The Morgan fingerprint density at radius 3 is 2.10 bits per heavy atom. The molecule has 3 heterocycles. The summed E-state index contributed by atoms with van der Waals surface area (Å²) in [6.45, 7) is 9.52. The summed E-state index contributed by atoms with van der Waals surface area (Å²) >= 11 is 0. The van der Waals surface area contributed by atoms with Crippen LogP contribution in [0, 0.1) is 13.8 Å². The molecule has 0 N–H and O–H groups in total. The fourth-order valence-corrected chi connectivity index (χ4v) is 6.28. The van der Waals surface area contributed by atoms with Gasteiger partial charge in [0.05, 0.1) is 13.6 Å². The molecule has 2 aromatic heterocycles. The summed E-state index contributed by atoms with van der Waals surface area (Å²) in [4.78, 5) is 17.1. The number of benzene rings is 1. The lowest BCUT2D eigenvalue weighted by Gasteiger charge is -2.37. The number of hydrogen-bond acceptors (Lipinski definition) is 3. The number of fused-ring (bicyclic) bond motifs is 3. The summed E-state index contributed by atoms with van der Waals surface area (Å²) in [6, 6.07) is 11.1. The molecule has 0 amide bonds. The van der Waals surface area contributed by atoms with Gasteiger partial charge in [-0.1, -0.05) is 97.5 Å². The third-order valence-electron chi connectivity index (χ3n) is 9.12. The topological polar surface area (TPSA) is 44.1 Å². The van der Waals surface area contributed by atoms with Crippen molar-refractivity contribution in [3.8, 4) is 0 Å². The van der Waals surface area contributed by atoms with E-state index >= 15 is 0 Å². The van der Waals surface area contributed by atoms with Gasteiger partial charge in [-0.05, 0) is 89.0 Å². The summed E-state index contributed by atoms with van der Waals surface area (Å²) in [5.41, 5.74) is 7.73. The molecule has 0 fully saturated rings. The van der Waals surface area contributed by atoms with E-state index in [1.165, 1.54) is 33.3 Å². The van der Waals surface area contributed by atoms with Crippen LogP contribution in [0.4, 0.5) is 0 Å². The predicted molar refractivity (Wildman–Crippen MR) is 206 cm³/mol. The van der Waals surface area contributed by atoms with Crippen LogP contribution in [0.3, 0.4) is 0 Å². The van der Waals surface area contributed by atoms with Crippen LogP contribution in [0.5, 0.6) is 0 Å². The molecule has 0 bridgehead atoms. The van der Waals surface area contributed by atoms with Crippen molar-refractivity contribution in [2.75, 3.05) is 20.3 Å². The Hall–Kier alpha value is -4.22. The average Bonchev–Trinajstić information content (AvgIpc) is 3.39. The van der Waals surface area contributed by atoms with E-state index in [4.69, 9.17) is 4.74 Å². The molecule has 3 aromatic rings. The first-order chi connectivity index (χ1) is 23.9. The van der Waals surface area contributed by atoms with Gasteiger partial charge < -0.3 is 9.30 Å². The molecule has 4 rings (SSSR count). The van der Waals surface area contributed by atoms with E-state index in [-0.39, 0.29) is 5.97 Å². The number of aryl methyl sites for hydroxylation is 4. The molecule has 1 aliphatic heterocycles. The molecular formula is C44H58N3O2+. The number of aromatic nitrogens is 2. The number of rotatable bonds is 19. The zero-order chi connectivity index (χ0) is 34.7. The van der Waals surface area contributed by atoms with Crippen molar-refractivity contribution in [2.24, 2.45) is 0 Å². The van der Waals surface area contributed by atoms with E-state index in [0.717, 1.165) is 76.7 Å². The molecule has 0 saturated carbocycles. The highest BCUT2D eigenvalue weighted by Gasteiger charge is 2.34. The number of ether oxygens (including phenoxy) is 1. The van der Waals surface area contributed by atoms with Crippen LogP contribution >= 0.6 is 0 Å². The Balaban J connectivity index is 1.15. The van der Waals surface area contributed by atoms with Gasteiger partial charge in [-0.2, -0.15) is 0 Å². The lowest BCUT2D eigenvalue weighted by Crippen LogP contribution is -2.49. The highest BCUT2D eigenvalue weighted by atomic mass is 16.5. The molecule has 49 heavy (non-hydrogen) atoms. The maximum absolute atomic E-state index is 12.7. The van der Waals surface area contributed by atoms with Crippen LogP contribution in [0.25, 0.3) is 10.9 Å². The third-order valence-corrected chi connectivity index (χ3v) is 9.12. The minimum Gasteiger partial charge on any atom is -0.415 e. The Bertz CT molecular complexity index is 1650. The normalized spacial score (nSPS) is 16.9. The number of esters is 1. The number of likely N-dealkylation sites (N-methyl/N-ethyl adjacent to an activating group) is 1. The smallest absolute Gasteiger partial charge is 0.310 e. The van der Waals surface area contributed by atoms with Crippen LogP contribution in [0.1, 0.15) is 86.4 Å². The molecule has 0 saturated heterocycles. The highest BCUT2D eigenvalue weighted by molar-refractivity contribution is 5.86. The van der Waals surface area contributed by atoms with Crippen LogP contribution in [-0.4, -0.2) is 40.3 Å². The number of allylic oxidation sites excluding steroid dienone is 12. The molecule has 1 aliphatic rings. The van der Waals surface area contributed by atoms with Crippen LogP contribution in [-0.2, 0) is 35.5 Å². The first-order valence-corrected chi connectivity index (χ1v) is 18.3. The highest BCUT2D eigenvalue weighted by Crippen LogP contribution is 2.34. The van der Waals surface area contributed by atoms with Gasteiger partial charge in [-0.15, -0.1) is 0 Å². The van der Waals surface area contributed by atoms with Gasteiger partial charge in [0.15, 0.2) is 0 Å². The summed E-state index contributed by atoms with van der Waals surface area (Å²) in [5, 5.41) is 1.34. The maximum atomic E-state index is 12.7. The van der Waals surface area contributed by atoms with E-state index in [0.29, 0.717) is 24.1 Å². The molecule has 5 nitrogen and oxygen atoms in total. The minimum absolute atomic E-state index is 0.116. The molecular weight excluding hydrogens is 603 g/mol. The van der Waals surface area contributed by atoms with Crippen LogP contribution in [0.2, 0.25) is 0 Å². The molecule has 1 aromatic carbocycles. The van der Waals surface area contributed by atoms with Gasteiger partial charge >= 0.3 is 5.97 Å². The quantitative estimate of drug-likeness (QED) is 0.0730. The molecule has 0 radical (unpaired) electrons. The second-order valence-corrected chi connectivity index (χ2v) is 13.5. The van der Waals surface area contributed by atoms with Gasteiger partial charge in [0.2, 0.25) is 6.73 Å². The van der Waals surface area contributed by atoms with Crippen molar-refractivity contribution in [3.63, 3.8) is 0 Å². The van der Waals surface area contributed by atoms with Crippen molar-refractivity contribution >= 4 is 16.9 Å². The van der Waals surface area contributed by atoms with E-state index in [1.807, 2.05) is 13.1 Å². The Morgan fingerprint density at radius 2 is 1.49 bits per heavy atom. The van der Waals surface area contributed by atoms with Crippen molar-refractivity contribution in [1.29, 1.82) is 0 Å². The zero-order valence-electron chi connectivity index (χ0n) is 30.4. The van der Waals surface area contributed by atoms with Crippen molar-refractivity contribution in [3.05, 3.63) is 138 Å². The maximum Gasteiger partial charge on any atom is 0.310 e. The lowest BCUT2D eigenvalue weighted by molar-refractivity contribution is -0.940. The fourth-order valence-electron chi connectivity index (χ4n) is 6.28. The molecule has 5 heteroatoms. The van der Waals surface area contributed by atoms with E-state index < -0.39 is 0 Å². The standard InChI is InChI=1S/C44H58N3O2/c1-5-6-7-8-9-10-11-12-13-14-15-16-17-18-19-20-21-22-23-24-44(48)49-36-47(4)32-30-43-41(35-47)40-33-37(2)25-28-42(40)46(43)31-29-39-27-26-38(3)45-34-39/h6-7,9-10,12-13,15-16,18-19,21-22,25-28,33-34H,5,8,11,14,17,20,23-24,29-32,35-36H2,1-4H3/q+1/b7-6+,10-9+,13-12+,16-15+,19-18+,22-21+. The van der Waals surface area contributed by atoms with Gasteiger partial charge in [-0.25, -0.2) is 0 Å². The number of carbonyl (C=O) groups excluding carboxylic acids is 1. The van der Waals surface area contributed by atoms with E-state index in [2.05, 4.69) is 134 Å². The van der Waals surface area contributed by atoms with Crippen LogP contribution in [0.15, 0.2) is 109 Å². The molecule has 1 unspecified atom stereocenters. The monoisotopic (exact) mass is 660 g/mol. The number of carbonyl (C=O) groups is 1. The largest absolute Gasteiger partial charge is 0.415 e. The summed E-state index contributed by atoms with van der Waals surface area (Å²) < 4.78 is 9.08. The van der Waals surface area contributed by atoms with Gasteiger partial charge in [0.25, 0.3) is 0 Å². The number of quaternary nitrogens is 1. The zero-order valence-corrected chi connectivity index (χ0v) is 30.4. The van der Waals surface area contributed by atoms with Crippen molar-refractivity contribution < 1.29 is 14.0 Å². The van der Waals surface area contributed by atoms with Crippen LogP contribution < -0.4 is 0 Å². The minimum atomic E-state index is -0.116. The van der Waals surface area contributed by atoms with Crippen molar-refractivity contribution in [1.82, 2.24) is 9.55 Å². The lowest BCUT2D eigenvalue weighted by atomic mass is 10.0. The third kappa shape index (κ3) is 12.6. The summed E-state index contributed by atoms with van der Waals surface area (Å²) in [5.74, 6) is -0.116. The second kappa shape index (κ2) is 20.3. The fraction of sp³-hybridized carbons (Fsp3) is 0.409. The van der Waals surface area contributed by atoms with E-state index in [1.54, 1.807) is 0 Å². The predicted octanol–water partition coefficient (Wildman–Crippen LogP) is 10.4. The summed E-state index contributed by atoms with van der Waals surface area (Å²) in [7, 11) is 2.22. The van der Waals surface area contributed by atoms with Crippen molar-refractivity contribution in [2.45, 2.75) is 98.1 Å². The second-order valence-electron chi connectivity index (χ2n) is 13.5. The summed E-state index contributed by atoms with van der Waals surface area (Å²) in [6.07, 6.45) is 37.3. The number of hydrogen-bond donors (Lipinski definition) is 0. The van der Waals surface area contributed by atoms with Gasteiger partial charge in [0.1, 0.15) is 6.54 Å². The Labute approximate surface area is 295 Å². The van der Waals surface area contributed by atoms with Gasteiger partial charge in [-0.3, -0.25) is 14.3 Å². The van der Waals surface area contributed by atoms with E-state index in [9.17, 15) is 4.79 Å². The molecule has 1 atom stereocenters. The Morgan fingerprint density at radius 1 is 0.857 bits per heavy atom. The Kier molecular flexibility index (Phi) is 15.6. The number of nitrogens with zero attached hydrogens (tertiary/aromatic N) is 3. The molecule has 0 spiro atoms. The SMILES string of the molecule is CC/C=C/C/C=C/C/C=C/C/C=C/C/C=C/C/C=C/CCC(=O)OC[N+]1(C)CCc2c(c3cc(C)ccc3n2CCc2ccc(C)nc2)C1. The first-order valence-electron chi connectivity index (χ1n) is 18.3. The average molecular weight is 661 g/mol. The first kappa shape index (κ1) is 37.6. The molecule has 0 aliphatic carbocycles.